The lowest BCUT2D eigenvalue weighted by atomic mass is 10.1. The van der Waals surface area contributed by atoms with Gasteiger partial charge in [-0.15, -0.1) is 0 Å². The summed E-state index contributed by atoms with van der Waals surface area (Å²) in [6, 6.07) is 0. The van der Waals surface area contributed by atoms with Gasteiger partial charge in [0, 0.05) is 11.6 Å². The summed E-state index contributed by atoms with van der Waals surface area (Å²) in [6.07, 6.45) is 5.22. The van der Waals surface area contributed by atoms with Crippen LogP contribution in [0.25, 0.3) is 0 Å². The summed E-state index contributed by atoms with van der Waals surface area (Å²) in [6.45, 7) is 5.18. The zero-order valence-electron chi connectivity index (χ0n) is 13.1. The molecule has 0 N–H and O–H groups in total. The van der Waals surface area contributed by atoms with Gasteiger partial charge in [0.05, 0.1) is 6.26 Å². The lowest BCUT2D eigenvalue weighted by molar-refractivity contribution is -0.226. The van der Waals surface area contributed by atoms with Crippen LogP contribution in [0.2, 0.25) is 0 Å². The van der Waals surface area contributed by atoms with Crippen molar-refractivity contribution in [1.82, 2.24) is 0 Å². The van der Waals surface area contributed by atoms with Crippen LogP contribution in [0.3, 0.4) is 0 Å². The van der Waals surface area contributed by atoms with Crippen molar-refractivity contribution in [2.45, 2.75) is 44.9 Å². The molecule has 0 saturated carbocycles. The minimum absolute atomic E-state index is 0.220. The third-order valence-electron chi connectivity index (χ3n) is 3.81. The van der Waals surface area contributed by atoms with E-state index < -0.39 is 17.9 Å². The Hall–Kier alpha value is -2.63. The van der Waals surface area contributed by atoms with Crippen LogP contribution in [0.4, 0.5) is 0 Å². The van der Waals surface area contributed by atoms with E-state index in [-0.39, 0.29) is 12.2 Å². The normalized spacial score (nSPS) is 34.7. The molecule has 1 spiro atoms. The maximum Gasteiger partial charge on any atom is 0.334 e. The standard InChI is InChI=1S/C18H16O5/c1-4-6-7-8-9-13-15-16(22-15)18(23-13)14(10-11-20-18)21-17(19)12(3)5-2/h5,9-11,14-16H,1-3H3. The molecule has 118 valence electrons. The Kier molecular flexibility index (Phi) is 3.90. The molecule has 0 aromatic carbocycles. The van der Waals surface area contributed by atoms with Crippen LogP contribution in [-0.2, 0) is 23.7 Å². The Labute approximate surface area is 134 Å². The number of hydrogen-bond acceptors (Lipinski definition) is 5. The van der Waals surface area contributed by atoms with Crippen LogP contribution < -0.4 is 0 Å². The average molecular weight is 312 g/mol. The number of esters is 1. The Morgan fingerprint density at radius 1 is 1.43 bits per heavy atom. The van der Waals surface area contributed by atoms with E-state index in [4.69, 9.17) is 18.9 Å². The fourth-order valence-electron chi connectivity index (χ4n) is 2.43. The Morgan fingerprint density at radius 2 is 2.26 bits per heavy atom. The van der Waals surface area contributed by atoms with Crippen molar-refractivity contribution in [2.24, 2.45) is 0 Å². The molecule has 0 aromatic rings. The third-order valence-corrected chi connectivity index (χ3v) is 3.81. The minimum atomic E-state index is -1.15. The van der Waals surface area contributed by atoms with Gasteiger partial charge in [-0.2, -0.15) is 0 Å². The van der Waals surface area contributed by atoms with Crippen molar-refractivity contribution < 1.29 is 23.7 Å². The lowest BCUT2D eigenvalue weighted by Crippen LogP contribution is -2.47. The number of epoxide rings is 1. The number of allylic oxidation sites excluding steroid dienone is 2. The van der Waals surface area contributed by atoms with Crippen molar-refractivity contribution >= 4 is 5.97 Å². The van der Waals surface area contributed by atoms with E-state index in [0.717, 1.165) is 0 Å². The van der Waals surface area contributed by atoms with Crippen LogP contribution >= 0.6 is 0 Å². The van der Waals surface area contributed by atoms with Crippen molar-refractivity contribution in [3.63, 3.8) is 0 Å². The number of carbonyl (C=O) groups excluding carboxylic acids is 1. The molecule has 0 bridgehead atoms. The maximum atomic E-state index is 12.0. The Bertz CT molecular complexity index is 737. The molecule has 3 rings (SSSR count). The van der Waals surface area contributed by atoms with Gasteiger partial charge < -0.3 is 18.9 Å². The van der Waals surface area contributed by atoms with Gasteiger partial charge in [-0.25, -0.2) is 4.79 Å². The molecule has 5 heteroatoms. The second-order valence-electron chi connectivity index (χ2n) is 5.24. The van der Waals surface area contributed by atoms with Crippen LogP contribution in [0.5, 0.6) is 0 Å². The van der Waals surface area contributed by atoms with E-state index >= 15 is 0 Å². The van der Waals surface area contributed by atoms with Crippen molar-refractivity contribution in [3.05, 3.63) is 35.8 Å². The highest BCUT2D eigenvalue weighted by atomic mass is 16.8. The molecule has 2 saturated heterocycles. The van der Waals surface area contributed by atoms with E-state index in [1.165, 1.54) is 6.26 Å². The minimum Gasteiger partial charge on any atom is -0.454 e. The summed E-state index contributed by atoms with van der Waals surface area (Å²) in [5, 5.41) is 0. The molecule has 2 fully saturated rings. The van der Waals surface area contributed by atoms with E-state index in [1.807, 2.05) is 0 Å². The van der Waals surface area contributed by atoms with Gasteiger partial charge in [-0.1, -0.05) is 17.9 Å². The largest absolute Gasteiger partial charge is 0.454 e. The number of fused-ring (bicyclic) bond motifs is 2. The molecule has 4 unspecified atom stereocenters. The first-order valence-electron chi connectivity index (χ1n) is 7.27. The molecule has 0 amide bonds. The molecule has 0 aromatic heterocycles. The van der Waals surface area contributed by atoms with Crippen molar-refractivity contribution in [1.29, 1.82) is 0 Å². The van der Waals surface area contributed by atoms with E-state index in [2.05, 4.69) is 23.7 Å². The van der Waals surface area contributed by atoms with Crippen LogP contribution in [0, 0.1) is 23.7 Å². The summed E-state index contributed by atoms with van der Waals surface area (Å²) >= 11 is 0. The van der Waals surface area contributed by atoms with Crippen molar-refractivity contribution in [3.8, 4) is 23.7 Å². The smallest absolute Gasteiger partial charge is 0.334 e. The summed E-state index contributed by atoms with van der Waals surface area (Å²) in [7, 11) is 0. The number of ether oxygens (including phenoxy) is 4. The number of hydrogen-bond donors (Lipinski definition) is 0. The summed E-state index contributed by atoms with van der Waals surface area (Å²) in [4.78, 5) is 12.0. The zero-order chi connectivity index (χ0) is 16.4. The number of carbonyl (C=O) groups is 1. The molecule has 0 radical (unpaired) electrons. The summed E-state index contributed by atoms with van der Waals surface area (Å²) in [5.41, 5.74) is 0.520. The van der Waals surface area contributed by atoms with Crippen LogP contribution in [0.15, 0.2) is 35.8 Å². The first-order valence-corrected chi connectivity index (χ1v) is 7.27. The molecule has 3 aliphatic heterocycles. The fraction of sp³-hybridized carbons (Fsp3) is 0.389. The average Bonchev–Trinajstić information content (AvgIpc) is 3.19. The second-order valence-corrected chi connectivity index (χ2v) is 5.24. The van der Waals surface area contributed by atoms with Gasteiger partial charge in [-0.3, -0.25) is 0 Å². The van der Waals surface area contributed by atoms with Crippen LogP contribution in [0.1, 0.15) is 20.8 Å². The highest BCUT2D eigenvalue weighted by Crippen LogP contribution is 2.53. The van der Waals surface area contributed by atoms with E-state index in [9.17, 15) is 4.79 Å². The fourth-order valence-corrected chi connectivity index (χ4v) is 2.43. The monoisotopic (exact) mass is 312 g/mol. The summed E-state index contributed by atoms with van der Waals surface area (Å²) < 4.78 is 22.6. The van der Waals surface area contributed by atoms with E-state index in [1.54, 1.807) is 39.0 Å². The highest BCUT2D eigenvalue weighted by molar-refractivity contribution is 5.87. The van der Waals surface area contributed by atoms with Gasteiger partial charge in [0.2, 0.25) is 6.10 Å². The quantitative estimate of drug-likeness (QED) is 0.337. The van der Waals surface area contributed by atoms with E-state index in [0.29, 0.717) is 11.3 Å². The molecular weight excluding hydrogens is 296 g/mol. The molecule has 5 nitrogen and oxygen atoms in total. The predicted octanol–water partition coefficient (Wildman–Crippen LogP) is 1.81. The highest BCUT2D eigenvalue weighted by Gasteiger charge is 2.72. The molecule has 23 heavy (non-hydrogen) atoms. The van der Waals surface area contributed by atoms with Gasteiger partial charge in [0.15, 0.2) is 12.2 Å². The summed E-state index contributed by atoms with van der Waals surface area (Å²) in [5.74, 6) is 9.79. The molecule has 0 aliphatic carbocycles. The van der Waals surface area contributed by atoms with Crippen LogP contribution in [-0.4, -0.2) is 30.1 Å². The first kappa shape index (κ1) is 15.3. The molecular formula is C18H16O5. The number of rotatable bonds is 2. The van der Waals surface area contributed by atoms with Gasteiger partial charge in [-0.05, 0) is 38.7 Å². The van der Waals surface area contributed by atoms with Gasteiger partial charge in [0.1, 0.15) is 5.76 Å². The Balaban J connectivity index is 1.76. The molecule has 3 aliphatic rings. The maximum absolute atomic E-state index is 12.0. The topological polar surface area (TPSA) is 57.3 Å². The zero-order valence-corrected chi connectivity index (χ0v) is 13.1. The molecule has 4 atom stereocenters. The third kappa shape index (κ3) is 2.60. The Morgan fingerprint density at radius 3 is 3.00 bits per heavy atom. The second kappa shape index (κ2) is 5.87. The van der Waals surface area contributed by atoms with Crippen molar-refractivity contribution in [2.75, 3.05) is 0 Å². The lowest BCUT2D eigenvalue weighted by Gasteiger charge is -2.30. The molecule has 3 heterocycles. The first-order chi connectivity index (χ1) is 11.1. The SMILES string of the molecule is CC#CC#CC=C1OC2(OC=CC2OC(=O)C(C)=CC)C2OC12. The predicted molar refractivity (Wildman–Crippen MR) is 81.3 cm³/mol. The van der Waals surface area contributed by atoms with Gasteiger partial charge >= 0.3 is 11.8 Å². The van der Waals surface area contributed by atoms with Gasteiger partial charge in [0.25, 0.3) is 0 Å².